The van der Waals surface area contributed by atoms with E-state index < -0.39 is 5.91 Å². The summed E-state index contributed by atoms with van der Waals surface area (Å²) in [6, 6.07) is 8.15. The van der Waals surface area contributed by atoms with Crippen LogP contribution >= 0.6 is 0 Å². The van der Waals surface area contributed by atoms with Crippen LogP contribution in [0.4, 0.5) is 17.2 Å². The Kier molecular flexibility index (Phi) is 5.26. The number of carbonyl (C=O) groups excluding carboxylic acids is 3. The Hall–Kier alpha value is -3.22. The molecule has 0 fully saturated rings. The van der Waals surface area contributed by atoms with E-state index in [0.717, 1.165) is 5.56 Å². The van der Waals surface area contributed by atoms with Gasteiger partial charge in [0.15, 0.2) is 0 Å². The van der Waals surface area contributed by atoms with E-state index in [9.17, 15) is 14.4 Å². The highest BCUT2D eigenvalue weighted by Crippen LogP contribution is 2.20. The predicted octanol–water partition coefficient (Wildman–Crippen LogP) is 2.56. The minimum Gasteiger partial charge on any atom is -0.326 e. The summed E-state index contributed by atoms with van der Waals surface area (Å²) in [5.74, 6) is -0.537. The van der Waals surface area contributed by atoms with Gasteiger partial charge in [0.2, 0.25) is 11.8 Å². The van der Waals surface area contributed by atoms with Crippen molar-refractivity contribution < 1.29 is 14.4 Å². The lowest BCUT2D eigenvalue weighted by molar-refractivity contribution is -0.115. The van der Waals surface area contributed by atoms with Gasteiger partial charge >= 0.3 is 0 Å². The number of aryl methyl sites for hydroxylation is 1. The van der Waals surface area contributed by atoms with Crippen molar-refractivity contribution in [2.24, 2.45) is 0 Å². The number of nitrogens with zero attached hydrogens (tertiary/aromatic N) is 1. The third-order valence-electron chi connectivity index (χ3n) is 2.99. The summed E-state index contributed by atoms with van der Waals surface area (Å²) in [5.41, 5.74) is 2.09. The summed E-state index contributed by atoms with van der Waals surface area (Å²) < 4.78 is 0. The molecule has 0 spiro atoms. The minimum atomic E-state index is -0.398. The highest BCUT2D eigenvalue weighted by atomic mass is 16.2. The maximum atomic E-state index is 12.4. The normalized spacial score (nSPS) is 9.96. The third-order valence-corrected chi connectivity index (χ3v) is 2.99. The average molecular weight is 326 g/mol. The highest BCUT2D eigenvalue weighted by Gasteiger charge is 2.11. The molecule has 2 rings (SSSR count). The van der Waals surface area contributed by atoms with E-state index in [4.69, 9.17) is 0 Å². The van der Waals surface area contributed by atoms with Crippen LogP contribution in [0.2, 0.25) is 0 Å². The largest absolute Gasteiger partial charge is 0.326 e. The third kappa shape index (κ3) is 4.91. The zero-order valence-electron chi connectivity index (χ0n) is 13.6. The molecule has 3 N–H and O–H groups in total. The first-order valence-electron chi connectivity index (χ1n) is 7.28. The standard InChI is InChI=1S/C17H18N4O3/c1-10-4-5-16(18-9-10)21-17(24)13-6-14(19-11(2)22)8-15(7-13)20-12(3)23/h4-9H,1-3H3,(H,19,22)(H,20,23)(H,18,21,24). The van der Waals surface area contributed by atoms with Gasteiger partial charge in [-0.1, -0.05) is 6.07 Å². The monoisotopic (exact) mass is 326 g/mol. The van der Waals surface area contributed by atoms with Crippen LogP contribution in [0, 0.1) is 6.92 Å². The molecule has 1 aromatic heterocycles. The number of aromatic nitrogens is 1. The van der Waals surface area contributed by atoms with E-state index in [2.05, 4.69) is 20.9 Å². The van der Waals surface area contributed by atoms with Crippen molar-refractivity contribution in [2.45, 2.75) is 20.8 Å². The molecular weight excluding hydrogens is 308 g/mol. The van der Waals surface area contributed by atoms with Crippen LogP contribution in [0.1, 0.15) is 29.8 Å². The van der Waals surface area contributed by atoms with Gasteiger partial charge in [0, 0.05) is 37.0 Å². The molecule has 0 aliphatic carbocycles. The summed E-state index contributed by atoms with van der Waals surface area (Å²) in [4.78, 5) is 39.0. The van der Waals surface area contributed by atoms with Crippen LogP contribution in [0.25, 0.3) is 0 Å². The van der Waals surface area contributed by atoms with Crippen molar-refractivity contribution in [3.63, 3.8) is 0 Å². The van der Waals surface area contributed by atoms with Gasteiger partial charge in [0.25, 0.3) is 5.91 Å². The minimum absolute atomic E-state index is 0.276. The molecule has 0 aliphatic rings. The molecule has 3 amide bonds. The molecule has 124 valence electrons. The molecule has 1 aromatic carbocycles. The molecule has 24 heavy (non-hydrogen) atoms. The number of hydrogen-bond donors (Lipinski definition) is 3. The second-order valence-electron chi connectivity index (χ2n) is 5.34. The molecular formula is C17H18N4O3. The Labute approximate surface area is 139 Å². The fourth-order valence-corrected chi connectivity index (χ4v) is 2.04. The zero-order valence-corrected chi connectivity index (χ0v) is 13.6. The SMILES string of the molecule is CC(=O)Nc1cc(NC(C)=O)cc(C(=O)Nc2ccc(C)cn2)c1. The Bertz CT molecular complexity index is 751. The maximum absolute atomic E-state index is 12.4. The average Bonchev–Trinajstić information content (AvgIpc) is 2.48. The van der Waals surface area contributed by atoms with E-state index in [1.807, 2.05) is 13.0 Å². The first-order chi connectivity index (χ1) is 11.3. The first kappa shape index (κ1) is 17.1. The van der Waals surface area contributed by atoms with E-state index >= 15 is 0 Å². The molecule has 7 nitrogen and oxygen atoms in total. The topological polar surface area (TPSA) is 100 Å². The van der Waals surface area contributed by atoms with Gasteiger partial charge in [-0.25, -0.2) is 4.98 Å². The van der Waals surface area contributed by atoms with Gasteiger partial charge in [-0.05, 0) is 36.8 Å². The van der Waals surface area contributed by atoms with Gasteiger partial charge in [0.1, 0.15) is 5.82 Å². The van der Waals surface area contributed by atoms with E-state index in [0.29, 0.717) is 17.2 Å². The number of carbonyl (C=O) groups is 3. The Balaban J connectivity index is 2.28. The molecule has 0 atom stereocenters. The molecule has 0 saturated heterocycles. The van der Waals surface area contributed by atoms with Crippen LogP contribution in [0.3, 0.4) is 0 Å². The van der Waals surface area contributed by atoms with Crippen LogP contribution in [0.15, 0.2) is 36.5 Å². The number of amides is 3. The van der Waals surface area contributed by atoms with Crippen molar-refractivity contribution in [3.8, 4) is 0 Å². The maximum Gasteiger partial charge on any atom is 0.256 e. The van der Waals surface area contributed by atoms with Crippen LogP contribution in [-0.4, -0.2) is 22.7 Å². The van der Waals surface area contributed by atoms with Crippen LogP contribution in [0.5, 0.6) is 0 Å². The van der Waals surface area contributed by atoms with Crippen molar-refractivity contribution >= 4 is 34.9 Å². The second kappa shape index (κ2) is 7.36. The van der Waals surface area contributed by atoms with Crippen molar-refractivity contribution in [1.82, 2.24) is 4.98 Å². The quantitative estimate of drug-likeness (QED) is 0.804. The smallest absolute Gasteiger partial charge is 0.256 e. The summed E-state index contributed by atoms with van der Waals surface area (Å²) >= 11 is 0. The number of nitrogens with one attached hydrogen (secondary N) is 3. The summed E-state index contributed by atoms with van der Waals surface area (Å²) in [6.45, 7) is 4.62. The van der Waals surface area contributed by atoms with Gasteiger partial charge in [-0.15, -0.1) is 0 Å². The lowest BCUT2D eigenvalue weighted by atomic mass is 10.1. The van der Waals surface area contributed by atoms with Crippen molar-refractivity contribution in [3.05, 3.63) is 47.7 Å². The van der Waals surface area contributed by atoms with Crippen LogP contribution < -0.4 is 16.0 Å². The molecule has 0 unspecified atom stereocenters. The zero-order chi connectivity index (χ0) is 17.7. The fraction of sp³-hybridized carbons (Fsp3) is 0.176. The number of benzene rings is 1. The van der Waals surface area contributed by atoms with E-state index in [-0.39, 0.29) is 17.4 Å². The van der Waals surface area contributed by atoms with E-state index in [1.165, 1.54) is 26.0 Å². The van der Waals surface area contributed by atoms with Crippen molar-refractivity contribution in [2.75, 3.05) is 16.0 Å². The summed E-state index contributed by atoms with van der Waals surface area (Å²) in [6.07, 6.45) is 1.64. The fourth-order valence-electron chi connectivity index (χ4n) is 2.04. The van der Waals surface area contributed by atoms with Crippen LogP contribution in [-0.2, 0) is 9.59 Å². The summed E-state index contributed by atoms with van der Waals surface area (Å²) in [5, 5.41) is 7.87. The Morgan fingerprint density at radius 2 is 1.46 bits per heavy atom. The summed E-state index contributed by atoms with van der Waals surface area (Å²) in [7, 11) is 0. The van der Waals surface area contributed by atoms with E-state index in [1.54, 1.807) is 18.3 Å². The van der Waals surface area contributed by atoms with Gasteiger partial charge < -0.3 is 16.0 Å². The molecule has 0 radical (unpaired) electrons. The van der Waals surface area contributed by atoms with Gasteiger partial charge in [0.05, 0.1) is 0 Å². The highest BCUT2D eigenvalue weighted by molar-refractivity contribution is 6.06. The lowest BCUT2D eigenvalue weighted by Crippen LogP contribution is -2.15. The number of pyridine rings is 1. The molecule has 1 heterocycles. The Morgan fingerprint density at radius 3 is 1.92 bits per heavy atom. The Morgan fingerprint density at radius 1 is 0.875 bits per heavy atom. The van der Waals surface area contributed by atoms with Gasteiger partial charge in [-0.3, -0.25) is 14.4 Å². The molecule has 0 saturated carbocycles. The number of hydrogen-bond acceptors (Lipinski definition) is 4. The molecule has 2 aromatic rings. The van der Waals surface area contributed by atoms with Crippen molar-refractivity contribution in [1.29, 1.82) is 0 Å². The molecule has 7 heteroatoms. The van der Waals surface area contributed by atoms with Gasteiger partial charge in [-0.2, -0.15) is 0 Å². The molecule has 0 bridgehead atoms. The number of anilines is 3. The second-order valence-corrected chi connectivity index (χ2v) is 5.34. The number of rotatable bonds is 4. The molecule has 0 aliphatic heterocycles. The predicted molar refractivity (Wildman–Crippen MR) is 92.0 cm³/mol. The lowest BCUT2D eigenvalue weighted by Gasteiger charge is -2.11. The first-order valence-corrected chi connectivity index (χ1v) is 7.28.